The molecule has 8 heteroatoms. The number of nitrogens with one attached hydrogen (secondary N) is 2. The Morgan fingerprint density at radius 1 is 1.32 bits per heavy atom. The molecule has 6 nitrogen and oxygen atoms in total. The summed E-state index contributed by atoms with van der Waals surface area (Å²) in [6.45, 7) is 7.22. The van der Waals surface area contributed by atoms with E-state index in [0.29, 0.717) is 12.4 Å². The standard InChI is InChI=1S/C14H21N5OS.HI/c1-9-7-17-13(21-9)5-6-16-14(15-4)18-8-12-19-10(2)11(3)20-12;/h7H,5-6,8H2,1-4H3,(H2,15,16,18);1H. The average Bonchev–Trinajstić information content (AvgIpc) is 3.00. The summed E-state index contributed by atoms with van der Waals surface area (Å²) in [5, 5.41) is 7.57. The molecule has 2 aromatic rings. The molecule has 2 rings (SSSR count). The van der Waals surface area contributed by atoms with Crippen LogP contribution in [0.3, 0.4) is 0 Å². The van der Waals surface area contributed by atoms with Crippen molar-refractivity contribution in [2.45, 2.75) is 33.7 Å². The molecule has 0 spiro atoms. The lowest BCUT2D eigenvalue weighted by molar-refractivity contribution is 0.464. The Bertz CT molecular complexity index is 603. The van der Waals surface area contributed by atoms with Gasteiger partial charge in [-0.25, -0.2) is 9.97 Å². The largest absolute Gasteiger partial charge is 0.444 e. The molecule has 22 heavy (non-hydrogen) atoms. The van der Waals surface area contributed by atoms with Gasteiger partial charge in [0.05, 0.1) is 17.2 Å². The topological polar surface area (TPSA) is 75.3 Å². The molecule has 0 aromatic carbocycles. The summed E-state index contributed by atoms with van der Waals surface area (Å²) in [6, 6.07) is 0. The highest BCUT2D eigenvalue weighted by Gasteiger charge is 2.06. The number of oxazole rings is 1. The first-order chi connectivity index (χ1) is 10.1. The van der Waals surface area contributed by atoms with Gasteiger partial charge in [0.25, 0.3) is 0 Å². The van der Waals surface area contributed by atoms with Gasteiger partial charge >= 0.3 is 0 Å². The Morgan fingerprint density at radius 3 is 2.64 bits per heavy atom. The normalized spacial score (nSPS) is 11.2. The highest BCUT2D eigenvalue weighted by molar-refractivity contribution is 14.0. The van der Waals surface area contributed by atoms with E-state index in [2.05, 4.69) is 32.5 Å². The molecule has 0 saturated carbocycles. The van der Waals surface area contributed by atoms with E-state index >= 15 is 0 Å². The number of nitrogens with zero attached hydrogens (tertiary/aromatic N) is 3. The number of aryl methyl sites for hydroxylation is 3. The number of thiazole rings is 1. The third-order valence-corrected chi connectivity index (χ3v) is 3.98. The lowest BCUT2D eigenvalue weighted by Crippen LogP contribution is -2.37. The smallest absolute Gasteiger partial charge is 0.214 e. The zero-order valence-electron chi connectivity index (χ0n) is 13.3. The van der Waals surface area contributed by atoms with Gasteiger partial charge in [0, 0.05) is 31.1 Å². The molecule has 0 aliphatic rings. The van der Waals surface area contributed by atoms with Gasteiger partial charge in [-0.2, -0.15) is 0 Å². The number of rotatable bonds is 5. The van der Waals surface area contributed by atoms with Gasteiger partial charge in [0.1, 0.15) is 5.76 Å². The van der Waals surface area contributed by atoms with Crippen molar-refractivity contribution in [3.63, 3.8) is 0 Å². The third-order valence-electron chi connectivity index (χ3n) is 3.00. The maximum Gasteiger partial charge on any atom is 0.214 e. The fourth-order valence-electron chi connectivity index (χ4n) is 1.80. The van der Waals surface area contributed by atoms with Crippen LogP contribution in [0, 0.1) is 20.8 Å². The minimum atomic E-state index is 0. The average molecular weight is 435 g/mol. The highest BCUT2D eigenvalue weighted by Crippen LogP contribution is 2.11. The number of guanidine groups is 1. The van der Waals surface area contributed by atoms with E-state index in [-0.39, 0.29) is 24.0 Å². The lowest BCUT2D eigenvalue weighted by Gasteiger charge is -2.09. The summed E-state index contributed by atoms with van der Waals surface area (Å²) in [5.74, 6) is 2.26. The molecular weight excluding hydrogens is 413 g/mol. The maximum atomic E-state index is 5.52. The van der Waals surface area contributed by atoms with Gasteiger partial charge < -0.3 is 15.1 Å². The summed E-state index contributed by atoms with van der Waals surface area (Å²) < 4.78 is 5.52. The Labute approximate surface area is 151 Å². The SMILES string of the molecule is CN=C(NCCc1ncc(C)s1)NCc1nc(C)c(C)o1.I. The zero-order chi connectivity index (χ0) is 15.2. The Balaban J connectivity index is 0.00000242. The van der Waals surface area contributed by atoms with Gasteiger partial charge in [0.2, 0.25) is 5.89 Å². The molecule has 0 amide bonds. The number of hydrogen-bond acceptors (Lipinski definition) is 5. The number of halogens is 1. The molecule has 122 valence electrons. The summed E-state index contributed by atoms with van der Waals surface area (Å²) in [7, 11) is 1.74. The molecule has 2 heterocycles. The Hall–Kier alpha value is -1.16. The quantitative estimate of drug-likeness (QED) is 0.429. The predicted octanol–water partition coefficient (Wildman–Crippen LogP) is 2.58. The summed E-state index contributed by atoms with van der Waals surface area (Å²) in [4.78, 5) is 14.1. The second-order valence-corrected chi connectivity index (χ2v) is 6.04. The zero-order valence-corrected chi connectivity index (χ0v) is 16.4. The second-order valence-electron chi connectivity index (χ2n) is 4.72. The molecule has 0 aliphatic carbocycles. The van der Waals surface area contributed by atoms with E-state index < -0.39 is 0 Å². The third kappa shape index (κ3) is 5.56. The van der Waals surface area contributed by atoms with Gasteiger partial charge in [-0.1, -0.05) is 0 Å². The van der Waals surface area contributed by atoms with Crippen LogP contribution >= 0.6 is 35.3 Å². The fourth-order valence-corrected chi connectivity index (χ4v) is 2.59. The van der Waals surface area contributed by atoms with Crippen molar-refractivity contribution in [2.24, 2.45) is 4.99 Å². The van der Waals surface area contributed by atoms with Crippen molar-refractivity contribution in [1.29, 1.82) is 0 Å². The van der Waals surface area contributed by atoms with Crippen LogP contribution in [0.4, 0.5) is 0 Å². The van der Waals surface area contributed by atoms with E-state index in [1.165, 1.54) is 4.88 Å². The van der Waals surface area contributed by atoms with Crippen LogP contribution in [0.5, 0.6) is 0 Å². The van der Waals surface area contributed by atoms with Crippen LogP contribution in [0.25, 0.3) is 0 Å². The van der Waals surface area contributed by atoms with Crippen LogP contribution in [0.15, 0.2) is 15.6 Å². The van der Waals surface area contributed by atoms with Crippen molar-refractivity contribution < 1.29 is 4.42 Å². The van der Waals surface area contributed by atoms with Crippen LogP contribution in [0.1, 0.15) is 27.2 Å². The van der Waals surface area contributed by atoms with Crippen LogP contribution in [-0.4, -0.2) is 29.5 Å². The first kappa shape index (κ1) is 18.9. The molecule has 2 N–H and O–H groups in total. The van der Waals surface area contributed by atoms with Crippen LogP contribution < -0.4 is 10.6 Å². The van der Waals surface area contributed by atoms with Crippen molar-refractivity contribution in [3.8, 4) is 0 Å². The van der Waals surface area contributed by atoms with E-state index in [9.17, 15) is 0 Å². The van der Waals surface area contributed by atoms with E-state index in [1.807, 2.05) is 20.0 Å². The minimum absolute atomic E-state index is 0. The second kappa shape index (κ2) is 9.09. The molecule has 0 fully saturated rings. The van der Waals surface area contributed by atoms with Crippen molar-refractivity contribution in [1.82, 2.24) is 20.6 Å². The molecule has 2 aromatic heterocycles. The van der Waals surface area contributed by atoms with E-state index in [4.69, 9.17) is 4.42 Å². The monoisotopic (exact) mass is 435 g/mol. The minimum Gasteiger partial charge on any atom is -0.444 e. The molecular formula is C14H22IN5OS. The lowest BCUT2D eigenvalue weighted by atomic mass is 10.4. The fraction of sp³-hybridized carbons (Fsp3) is 0.500. The van der Waals surface area contributed by atoms with E-state index in [1.54, 1.807) is 18.4 Å². The van der Waals surface area contributed by atoms with Gasteiger partial charge in [-0.3, -0.25) is 4.99 Å². The Morgan fingerprint density at radius 2 is 2.09 bits per heavy atom. The van der Waals surface area contributed by atoms with Gasteiger partial charge in [-0.05, 0) is 20.8 Å². The summed E-state index contributed by atoms with van der Waals surface area (Å²) in [5.41, 5.74) is 0.925. The number of aliphatic imine (C=N–C) groups is 1. The molecule has 0 aliphatic heterocycles. The van der Waals surface area contributed by atoms with Crippen LogP contribution in [0.2, 0.25) is 0 Å². The molecule has 0 unspecified atom stereocenters. The number of hydrogen-bond donors (Lipinski definition) is 2. The van der Waals surface area contributed by atoms with Gasteiger partial charge in [0.15, 0.2) is 5.96 Å². The van der Waals surface area contributed by atoms with E-state index in [0.717, 1.165) is 35.4 Å². The van der Waals surface area contributed by atoms with Crippen molar-refractivity contribution in [2.75, 3.05) is 13.6 Å². The first-order valence-corrected chi connectivity index (χ1v) is 7.69. The predicted molar refractivity (Wildman–Crippen MR) is 100 cm³/mol. The molecule has 0 atom stereocenters. The molecule has 0 saturated heterocycles. The highest BCUT2D eigenvalue weighted by atomic mass is 127. The molecule has 0 radical (unpaired) electrons. The summed E-state index contributed by atoms with van der Waals surface area (Å²) in [6.07, 6.45) is 2.79. The number of aromatic nitrogens is 2. The summed E-state index contributed by atoms with van der Waals surface area (Å²) >= 11 is 1.73. The molecule has 0 bridgehead atoms. The Kier molecular flexibility index (Phi) is 7.80. The van der Waals surface area contributed by atoms with Gasteiger partial charge in [-0.15, -0.1) is 35.3 Å². The van der Waals surface area contributed by atoms with Crippen LogP contribution in [-0.2, 0) is 13.0 Å². The van der Waals surface area contributed by atoms with Crippen molar-refractivity contribution >= 4 is 41.3 Å². The maximum absolute atomic E-state index is 5.52. The van der Waals surface area contributed by atoms with Crippen molar-refractivity contribution in [3.05, 3.63) is 33.4 Å². The first-order valence-electron chi connectivity index (χ1n) is 6.87.